The van der Waals surface area contributed by atoms with E-state index in [1.165, 1.54) is 137 Å². The third kappa shape index (κ3) is 3.32. The minimum atomic E-state index is 0.0464. The summed E-state index contributed by atoms with van der Waals surface area (Å²) in [6, 6.07) is 66.8. The molecule has 2 aliphatic heterocycles. The summed E-state index contributed by atoms with van der Waals surface area (Å²) in [5.74, 6) is 0. The summed E-state index contributed by atoms with van der Waals surface area (Å²) in [7, 11) is 0. The molecule has 0 fully saturated rings. The molecule has 15 rings (SSSR count). The summed E-state index contributed by atoms with van der Waals surface area (Å²) in [5.41, 5.74) is 19.6. The Hall–Kier alpha value is -7.36. The largest absolute Gasteiger partial charge is 0.310 e. The fourth-order valence-electron chi connectivity index (χ4n) is 11.6. The first-order chi connectivity index (χ1) is 28.3. The van der Waals surface area contributed by atoms with Gasteiger partial charge in [-0.05, 0) is 106 Å². The van der Waals surface area contributed by atoms with Crippen molar-refractivity contribution in [2.75, 3.05) is 0 Å². The number of aromatic nitrogens is 2. The van der Waals surface area contributed by atoms with Gasteiger partial charge in [0.25, 0.3) is 6.71 Å². The van der Waals surface area contributed by atoms with Crippen LogP contribution in [0.25, 0.3) is 121 Å². The molecule has 0 bridgehead atoms. The van der Waals surface area contributed by atoms with Gasteiger partial charge in [-0.25, -0.2) is 0 Å². The lowest BCUT2D eigenvalue weighted by molar-refractivity contribution is 1.14. The van der Waals surface area contributed by atoms with E-state index in [0.29, 0.717) is 0 Å². The molecule has 0 radical (unpaired) electrons. The highest BCUT2D eigenvalue weighted by Gasteiger charge is 2.42. The second kappa shape index (κ2) is 9.89. The molecule has 258 valence electrons. The normalized spacial score (nSPS) is 13.2. The van der Waals surface area contributed by atoms with Crippen molar-refractivity contribution in [2.45, 2.75) is 0 Å². The van der Waals surface area contributed by atoms with Crippen LogP contribution in [0.5, 0.6) is 0 Å². The van der Waals surface area contributed by atoms with Crippen LogP contribution < -0.4 is 16.4 Å². The van der Waals surface area contributed by atoms with E-state index in [9.17, 15) is 0 Å². The molecule has 0 N–H and O–H groups in total. The Labute approximate surface area is 327 Å². The van der Waals surface area contributed by atoms with E-state index in [-0.39, 0.29) is 6.71 Å². The summed E-state index contributed by atoms with van der Waals surface area (Å²) in [6.07, 6.45) is 0. The molecule has 0 atom stereocenters. The standard InChI is InChI=1S/C54H29BN2/c1-2-11-30(12-3-1)34-28-45-52-46(29-34)57-44-26-22-32-15-10-20-39-37-18-8-9-19-38(37)40-23-24-41(53(57)50(40)51(44)47(32)39)55(52)42-27-33-14-5-7-17-36(33)49-48-35-16-6-4-13-31(35)21-25-43(48)56(45)54(42)49/h1-29H. The van der Waals surface area contributed by atoms with Crippen molar-refractivity contribution in [1.82, 2.24) is 9.13 Å². The van der Waals surface area contributed by atoms with Crippen molar-refractivity contribution in [1.29, 1.82) is 0 Å². The molecule has 10 aromatic carbocycles. The lowest BCUT2D eigenvalue weighted by Gasteiger charge is -2.34. The number of fused-ring (bicyclic) bond motifs is 15. The van der Waals surface area contributed by atoms with Gasteiger partial charge in [0.2, 0.25) is 0 Å². The molecule has 0 spiro atoms. The monoisotopic (exact) mass is 716 g/mol. The lowest BCUT2D eigenvalue weighted by Crippen LogP contribution is -2.59. The maximum atomic E-state index is 2.65. The van der Waals surface area contributed by atoms with Gasteiger partial charge in [-0.1, -0.05) is 152 Å². The third-order valence-electron chi connectivity index (χ3n) is 13.8. The van der Waals surface area contributed by atoms with Crippen LogP contribution in [0.3, 0.4) is 0 Å². The Morgan fingerprint density at radius 3 is 1.72 bits per heavy atom. The van der Waals surface area contributed by atoms with E-state index in [4.69, 9.17) is 0 Å². The van der Waals surface area contributed by atoms with Crippen LogP contribution in [0, 0.1) is 0 Å². The summed E-state index contributed by atoms with van der Waals surface area (Å²) in [6.45, 7) is 0.0464. The van der Waals surface area contributed by atoms with Crippen molar-refractivity contribution in [2.24, 2.45) is 0 Å². The van der Waals surface area contributed by atoms with E-state index in [2.05, 4.69) is 185 Å². The molecular formula is C54H29BN2. The van der Waals surface area contributed by atoms with Gasteiger partial charge in [0, 0.05) is 32.9 Å². The molecule has 0 saturated heterocycles. The molecule has 0 amide bonds. The minimum Gasteiger partial charge on any atom is -0.310 e. The summed E-state index contributed by atoms with van der Waals surface area (Å²) in [5, 5.41) is 13.3. The Morgan fingerprint density at radius 1 is 0.333 bits per heavy atom. The highest BCUT2D eigenvalue weighted by Crippen LogP contribution is 2.51. The first-order valence-corrected chi connectivity index (χ1v) is 20.1. The molecule has 2 nitrogen and oxygen atoms in total. The van der Waals surface area contributed by atoms with Crippen LogP contribution in [0.2, 0.25) is 0 Å². The van der Waals surface area contributed by atoms with E-state index < -0.39 is 0 Å². The van der Waals surface area contributed by atoms with Gasteiger partial charge in [0.05, 0.1) is 22.1 Å². The molecule has 2 aromatic heterocycles. The van der Waals surface area contributed by atoms with Gasteiger partial charge < -0.3 is 9.13 Å². The van der Waals surface area contributed by atoms with Crippen LogP contribution in [0.4, 0.5) is 0 Å². The number of hydrogen-bond donors (Lipinski definition) is 0. The van der Waals surface area contributed by atoms with Gasteiger partial charge in [-0.3, -0.25) is 0 Å². The predicted molar refractivity (Wildman–Crippen MR) is 242 cm³/mol. The smallest absolute Gasteiger partial charge is 0.252 e. The zero-order valence-electron chi connectivity index (χ0n) is 30.7. The van der Waals surface area contributed by atoms with E-state index in [1.54, 1.807) is 0 Å². The molecule has 57 heavy (non-hydrogen) atoms. The number of benzene rings is 10. The van der Waals surface area contributed by atoms with Gasteiger partial charge in [-0.15, -0.1) is 0 Å². The molecule has 0 saturated carbocycles. The van der Waals surface area contributed by atoms with Crippen molar-refractivity contribution in [3.63, 3.8) is 0 Å². The van der Waals surface area contributed by atoms with E-state index in [1.807, 2.05) is 0 Å². The molecule has 1 aliphatic carbocycles. The zero-order valence-corrected chi connectivity index (χ0v) is 30.7. The molecule has 3 heteroatoms. The van der Waals surface area contributed by atoms with Crippen LogP contribution >= 0.6 is 0 Å². The predicted octanol–water partition coefficient (Wildman–Crippen LogP) is 11.8. The SMILES string of the molecule is c1ccc(-c2cc3c4c(c2)-n2c5ccc6ccccc6c5c5c6ccccc6cc(c52)B4c2ccc4c5c6c7c(cccc7ccc6n-3c25)-c2ccccc2-4)cc1. The highest BCUT2D eigenvalue weighted by atomic mass is 15.0. The maximum absolute atomic E-state index is 2.65. The van der Waals surface area contributed by atoms with Crippen LogP contribution in [-0.2, 0) is 0 Å². The Bertz CT molecular complexity index is 3870. The lowest BCUT2D eigenvalue weighted by atomic mass is 9.34. The molecular weight excluding hydrogens is 687 g/mol. The fourth-order valence-corrected chi connectivity index (χ4v) is 11.6. The van der Waals surface area contributed by atoms with Crippen molar-refractivity contribution in [3.8, 4) is 44.8 Å². The topological polar surface area (TPSA) is 9.86 Å². The molecule has 4 heterocycles. The summed E-state index contributed by atoms with van der Waals surface area (Å²) >= 11 is 0. The highest BCUT2D eigenvalue weighted by molar-refractivity contribution is 7.00. The average molecular weight is 717 g/mol. The number of hydrogen-bond acceptors (Lipinski definition) is 0. The number of rotatable bonds is 1. The molecule has 0 unspecified atom stereocenters. The maximum Gasteiger partial charge on any atom is 0.252 e. The second-order valence-corrected chi connectivity index (χ2v) is 16.3. The van der Waals surface area contributed by atoms with Gasteiger partial charge in [0.1, 0.15) is 0 Å². The van der Waals surface area contributed by atoms with E-state index in [0.717, 1.165) is 0 Å². The number of nitrogens with zero attached hydrogens (tertiary/aromatic N) is 2. The summed E-state index contributed by atoms with van der Waals surface area (Å²) in [4.78, 5) is 0. The Kier molecular flexibility index (Phi) is 5.03. The summed E-state index contributed by atoms with van der Waals surface area (Å²) < 4.78 is 5.29. The average Bonchev–Trinajstić information content (AvgIpc) is 3.78. The Balaban J connectivity index is 1.22. The van der Waals surface area contributed by atoms with Gasteiger partial charge >= 0.3 is 0 Å². The third-order valence-corrected chi connectivity index (χ3v) is 13.8. The second-order valence-electron chi connectivity index (χ2n) is 16.3. The zero-order chi connectivity index (χ0) is 36.7. The van der Waals surface area contributed by atoms with Gasteiger partial charge in [0.15, 0.2) is 0 Å². The van der Waals surface area contributed by atoms with Gasteiger partial charge in [-0.2, -0.15) is 0 Å². The van der Waals surface area contributed by atoms with Crippen molar-refractivity contribution >= 4 is 99.0 Å². The first kappa shape index (κ1) is 29.0. The molecule has 3 aliphatic rings. The quantitative estimate of drug-likeness (QED) is 0.150. The Morgan fingerprint density at radius 2 is 0.930 bits per heavy atom. The van der Waals surface area contributed by atoms with Crippen molar-refractivity contribution < 1.29 is 0 Å². The van der Waals surface area contributed by atoms with Crippen LogP contribution in [0.1, 0.15) is 0 Å². The van der Waals surface area contributed by atoms with E-state index >= 15 is 0 Å². The minimum absolute atomic E-state index is 0.0464. The fraction of sp³-hybridized carbons (Fsp3) is 0. The first-order valence-electron chi connectivity index (χ1n) is 20.1. The van der Waals surface area contributed by atoms with Crippen LogP contribution in [0.15, 0.2) is 176 Å². The van der Waals surface area contributed by atoms with Crippen LogP contribution in [-0.4, -0.2) is 15.8 Å². The molecule has 12 aromatic rings. The van der Waals surface area contributed by atoms with Crippen molar-refractivity contribution in [3.05, 3.63) is 176 Å².